The minimum atomic E-state index is -0.446. The maximum absolute atomic E-state index is 11.7. The van der Waals surface area contributed by atoms with Crippen molar-refractivity contribution in [2.24, 2.45) is 5.92 Å². The van der Waals surface area contributed by atoms with Crippen LogP contribution in [-0.4, -0.2) is 36.9 Å². The van der Waals surface area contributed by atoms with Crippen LogP contribution in [0.25, 0.3) is 0 Å². The smallest absolute Gasteiger partial charge is 0.243 e. The zero-order chi connectivity index (χ0) is 16.4. The third-order valence-corrected chi connectivity index (χ3v) is 3.13. The molecular weight excluding hydrogens is 282 g/mol. The lowest BCUT2D eigenvalue weighted by Gasteiger charge is -2.22. The molecule has 1 rings (SSSR count). The van der Waals surface area contributed by atoms with Crippen LogP contribution in [0.4, 0.5) is 0 Å². The van der Waals surface area contributed by atoms with Crippen molar-refractivity contribution in [1.29, 1.82) is 0 Å². The monoisotopic (exact) mass is 307 g/mol. The van der Waals surface area contributed by atoms with Gasteiger partial charge in [-0.3, -0.25) is 14.4 Å². The zero-order valence-electron chi connectivity index (χ0n) is 13.2. The molecular formula is C16H25N3O3. The average Bonchev–Trinajstić information content (AvgIpc) is 2.46. The summed E-state index contributed by atoms with van der Waals surface area (Å²) in [6, 6.07) is -0.446. The Bertz CT molecular complexity index is 456. The summed E-state index contributed by atoms with van der Waals surface area (Å²) in [5.74, 6) is -0.167. The highest BCUT2D eigenvalue weighted by Gasteiger charge is 2.23. The molecule has 0 bridgehead atoms. The standard InChI is InChI=1S/C16H25N3O3/c1-12(2)6-3-4-8-14(20)17-11-9-15(21)19-13-7-5-10-18-16(13)22/h3-4,6,8,12-13H,5,7,9-11H2,1-2H3,(H,17,20)(H,18,22)(H,19,21). The number of amides is 3. The molecule has 1 heterocycles. The van der Waals surface area contributed by atoms with Crippen molar-refractivity contribution in [3.63, 3.8) is 0 Å². The molecule has 1 saturated heterocycles. The fourth-order valence-electron chi connectivity index (χ4n) is 1.96. The van der Waals surface area contributed by atoms with E-state index in [1.54, 1.807) is 6.08 Å². The fraction of sp³-hybridized carbons (Fsp3) is 0.562. The molecule has 0 spiro atoms. The van der Waals surface area contributed by atoms with Crippen molar-refractivity contribution >= 4 is 17.7 Å². The van der Waals surface area contributed by atoms with Gasteiger partial charge in [0.25, 0.3) is 0 Å². The van der Waals surface area contributed by atoms with E-state index in [2.05, 4.69) is 29.8 Å². The molecule has 6 heteroatoms. The van der Waals surface area contributed by atoms with E-state index in [0.29, 0.717) is 18.9 Å². The van der Waals surface area contributed by atoms with Crippen molar-refractivity contribution in [2.45, 2.75) is 39.2 Å². The van der Waals surface area contributed by atoms with Crippen LogP contribution >= 0.6 is 0 Å². The van der Waals surface area contributed by atoms with Crippen LogP contribution in [0.5, 0.6) is 0 Å². The summed E-state index contributed by atoms with van der Waals surface area (Å²) in [6.07, 6.45) is 8.57. The second-order valence-corrected chi connectivity index (χ2v) is 5.58. The number of hydrogen-bond donors (Lipinski definition) is 3. The lowest BCUT2D eigenvalue weighted by Crippen LogP contribution is -2.50. The van der Waals surface area contributed by atoms with Gasteiger partial charge in [-0.25, -0.2) is 0 Å². The first-order valence-corrected chi connectivity index (χ1v) is 7.69. The summed E-state index contributed by atoms with van der Waals surface area (Å²) in [4.78, 5) is 34.7. The van der Waals surface area contributed by atoms with Crippen molar-refractivity contribution in [3.8, 4) is 0 Å². The van der Waals surface area contributed by atoms with E-state index in [4.69, 9.17) is 0 Å². The predicted octanol–water partition coefficient (Wildman–Crippen LogP) is 0.656. The molecule has 3 amide bonds. The maximum atomic E-state index is 11.7. The number of rotatable bonds is 7. The van der Waals surface area contributed by atoms with Crippen LogP contribution in [-0.2, 0) is 14.4 Å². The molecule has 22 heavy (non-hydrogen) atoms. The Labute approximate surface area is 131 Å². The SMILES string of the molecule is CC(C)C=CC=CC(=O)NCCC(=O)NC1CCCNC1=O. The third-order valence-electron chi connectivity index (χ3n) is 3.13. The van der Waals surface area contributed by atoms with Gasteiger partial charge in [-0.2, -0.15) is 0 Å². The number of allylic oxidation sites excluding steroid dienone is 3. The number of nitrogens with one attached hydrogen (secondary N) is 3. The van der Waals surface area contributed by atoms with Crippen LogP contribution in [0.3, 0.4) is 0 Å². The van der Waals surface area contributed by atoms with Gasteiger partial charge in [0, 0.05) is 25.6 Å². The van der Waals surface area contributed by atoms with Gasteiger partial charge in [0.15, 0.2) is 0 Å². The van der Waals surface area contributed by atoms with E-state index < -0.39 is 6.04 Å². The van der Waals surface area contributed by atoms with Crippen molar-refractivity contribution in [2.75, 3.05) is 13.1 Å². The van der Waals surface area contributed by atoms with E-state index in [1.165, 1.54) is 6.08 Å². The van der Waals surface area contributed by atoms with E-state index in [0.717, 1.165) is 6.42 Å². The predicted molar refractivity (Wildman–Crippen MR) is 84.9 cm³/mol. The second kappa shape index (κ2) is 9.76. The first kappa shape index (κ1) is 17.9. The molecule has 3 N–H and O–H groups in total. The van der Waals surface area contributed by atoms with Gasteiger partial charge in [-0.05, 0) is 18.8 Å². The topological polar surface area (TPSA) is 87.3 Å². The Kier molecular flexibility index (Phi) is 7.96. The Morgan fingerprint density at radius 1 is 1.36 bits per heavy atom. The summed E-state index contributed by atoms with van der Waals surface area (Å²) in [6.45, 7) is 5.02. The van der Waals surface area contributed by atoms with E-state index >= 15 is 0 Å². The van der Waals surface area contributed by atoms with Gasteiger partial charge in [0.2, 0.25) is 17.7 Å². The Morgan fingerprint density at radius 3 is 2.82 bits per heavy atom. The van der Waals surface area contributed by atoms with Crippen LogP contribution < -0.4 is 16.0 Å². The summed E-state index contributed by atoms with van der Waals surface area (Å²) in [7, 11) is 0. The van der Waals surface area contributed by atoms with Crippen LogP contribution in [0.2, 0.25) is 0 Å². The highest BCUT2D eigenvalue weighted by molar-refractivity contribution is 5.89. The van der Waals surface area contributed by atoms with E-state index in [-0.39, 0.29) is 30.7 Å². The van der Waals surface area contributed by atoms with Gasteiger partial charge in [0.1, 0.15) is 6.04 Å². The molecule has 122 valence electrons. The van der Waals surface area contributed by atoms with E-state index in [1.807, 2.05) is 12.2 Å². The molecule has 0 aliphatic carbocycles. The first-order valence-electron chi connectivity index (χ1n) is 7.69. The molecule has 1 fully saturated rings. The summed E-state index contributed by atoms with van der Waals surface area (Å²) in [5.41, 5.74) is 0. The molecule has 0 radical (unpaired) electrons. The van der Waals surface area contributed by atoms with E-state index in [9.17, 15) is 14.4 Å². The van der Waals surface area contributed by atoms with Gasteiger partial charge >= 0.3 is 0 Å². The molecule has 6 nitrogen and oxygen atoms in total. The highest BCUT2D eigenvalue weighted by atomic mass is 16.2. The molecule has 1 atom stereocenters. The second-order valence-electron chi connectivity index (χ2n) is 5.58. The maximum Gasteiger partial charge on any atom is 0.243 e. The zero-order valence-corrected chi connectivity index (χ0v) is 13.2. The Hall–Kier alpha value is -2.11. The Morgan fingerprint density at radius 2 is 2.14 bits per heavy atom. The van der Waals surface area contributed by atoms with Gasteiger partial charge in [-0.1, -0.05) is 32.1 Å². The largest absolute Gasteiger partial charge is 0.354 e. The molecule has 0 aromatic rings. The average molecular weight is 307 g/mol. The Balaban J connectivity index is 2.18. The van der Waals surface area contributed by atoms with Crippen LogP contribution in [0.15, 0.2) is 24.3 Å². The number of carbonyl (C=O) groups excluding carboxylic acids is 3. The third kappa shape index (κ3) is 7.61. The van der Waals surface area contributed by atoms with Crippen molar-refractivity contribution < 1.29 is 14.4 Å². The van der Waals surface area contributed by atoms with Crippen molar-refractivity contribution in [3.05, 3.63) is 24.3 Å². The fourth-order valence-corrected chi connectivity index (χ4v) is 1.96. The number of hydrogen-bond acceptors (Lipinski definition) is 3. The molecule has 0 aromatic carbocycles. The molecule has 0 saturated carbocycles. The molecule has 1 unspecified atom stereocenters. The molecule has 0 aromatic heterocycles. The normalized spacial score (nSPS) is 18.7. The minimum absolute atomic E-state index is 0.136. The molecule has 1 aliphatic heterocycles. The molecule has 1 aliphatic rings. The van der Waals surface area contributed by atoms with Crippen LogP contribution in [0, 0.1) is 5.92 Å². The minimum Gasteiger partial charge on any atom is -0.354 e. The highest BCUT2D eigenvalue weighted by Crippen LogP contribution is 2.02. The number of piperidine rings is 1. The summed E-state index contributed by atoms with van der Waals surface area (Å²) >= 11 is 0. The van der Waals surface area contributed by atoms with Gasteiger partial charge in [0.05, 0.1) is 0 Å². The first-order chi connectivity index (χ1) is 10.5. The summed E-state index contributed by atoms with van der Waals surface area (Å²) < 4.78 is 0. The van der Waals surface area contributed by atoms with Gasteiger partial charge < -0.3 is 16.0 Å². The number of carbonyl (C=O) groups is 3. The summed E-state index contributed by atoms with van der Waals surface area (Å²) in [5, 5.41) is 8.01. The van der Waals surface area contributed by atoms with Gasteiger partial charge in [-0.15, -0.1) is 0 Å². The lowest BCUT2D eigenvalue weighted by atomic mass is 10.1. The quantitative estimate of drug-likeness (QED) is 0.477. The van der Waals surface area contributed by atoms with Crippen molar-refractivity contribution in [1.82, 2.24) is 16.0 Å². The van der Waals surface area contributed by atoms with Crippen LogP contribution in [0.1, 0.15) is 33.1 Å². The lowest BCUT2D eigenvalue weighted by molar-refractivity contribution is -0.130.